The van der Waals surface area contributed by atoms with E-state index in [1.807, 2.05) is 30.3 Å². The lowest BCUT2D eigenvalue weighted by Crippen LogP contribution is -2.31. The monoisotopic (exact) mass is 497 g/mol. The summed E-state index contributed by atoms with van der Waals surface area (Å²) in [7, 11) is 1.47. The Kier molecular flexibility index (Phi) is 5.37. The first-order valence-corrected chi connectivity index (χ1v) is 12.0. The molecular weight excluding hydrogens is 472 g/mol. The summed E-state index contributed by atoms with van der Waals surface area (Å²) in [4.78, 5) is 0. The highest BCUT2D eigenvalue weighted by Gasteiger charge is 2.44. The fourth-order valence-electron chi connectivity index (χ4n) is 6.00. The molecule has 37 heavy (non-hydrogen) atoms. The number of hydrogen-bond acceptors (Lipinski definition) is 4. The summed E-state index contributed by atoms with van der Waals surface area (Å²) in [6, 6.07) is 20.4. The van der Waals surface area contributed by atoms with E-state index in [4.69, 9.17) is 15.9 Å². The van der Waals surface area contributed by atoms with E-state index in [1.165, 1.54) is 36.4 Å². The number of rotatable bonds is 4. The van der Waals surface area contributed by atoms with Crippen LogP contribution in [0, 0.1) is 23.0 Å². The fraction of sp³-hybridized carbons (Fsp3) is 0.167. The molecule has 4 aromatic rings. The van der Waals surface area contributed by atoms with Crippen LogP contribution in [0.15, 0.2) is 72.8 Å². The number of hydrogen-bond donors (Lipinski definition) is 4. The second-order valence-corrected chi connectivity index (χ2v) is 9.65. The third-order valence-electron chi connectivity index (χ3n) is 7.57. The number of fused-ring (bicyclic) bond motifs is 5. The summed E-state index contributed by atoms with van der Waals surface area (Å²) in [5.41, 5.74) is 12.5. The van der Waals surface area contributed by atoms with Crippen molar-refractivity contribution in [1.29, 1.82) is 5.41 Å². The number of amidine groups is 1. The number of phenolic OH excluding ortho intramolecular Hbond substituents is 1. The fourth-order valence-corrected chi connectivity index (χ4v) is 6.00. The second-order valence-electron chi connectivity index (χ2n) is 9.65. The number of nitrogens with one attached hydrogen (secondary N) is 2. The Hall–Kier alpha value is -4.39. The Morgan fingerprint density at radius 1 is 0.973 bits per heavy atom. The quantitative estimate of drug-likeness (QED) is 0.203. The molecule has 0 fully saturated rings. The zero-order valence-electron chi connectivity index (χ0n) is 20.1. The van der Waals surface area contributed by atoms with Gasteiger partial charge in [0.05, 0.1) is 13.2 Å². The van der Waals surface area contributed by atoms with Gasteiger partial charge in [0.25, 0.3) is 0 Å². The lowest BCUT2D eigenvalue weighted by molar-refractivity contribution is 0.370. The summed E-state index contributed by atoms with van der Waals surface area (Å²) < 4.78 is 34.0. The number of phenols is 1. The Balaban J connectivity index is 1.58. The highest BCUT2D eigenvalue weighted by Crippen LogP contribution is 2.55. The summed E-state index contributed by atoms with van der Waals surface area (Å²) in [5, 5.41) is 22.2. The minimum atomic E-state index is -0.693. The molecule has 1 aliphatic heterocycles. The van der Waals surface area contributed by atoms with Crippen LogP contribution < -0.4 is 15.8 Å². The van der Waals surface area contributed by atoms with Gasteiger partial charge in [-0.1, -0.05) is 24.3 Å². The van der Waals surface area contributed by atoms with E-state index in [-0.39, 0.29) is 35.2 Å². The Bertz CT molecular complexity index is 1550. The molecule has 0 saturated heterocycles. The molecule has 0 saturated carbocycles. The highest BCUT2D eigenvalue weighted by molar-refractivity contribution is 5.96. The Labute approximate surface area is 213 Å². The van der Waals surface area contributed by atoms with Crippen molar-refractivity contribution in [3.63, 3.8) is 0 Å². The molecule has 1 aliphatic carbocycles. The highest BCUT2D eigenvalue weighted by atomic mass is 19.1. The predicted molar refractivity (Wildman–Crippen MR) is 139 cm³/mol. The van der Waals surface area contributed by atoms with Crippen molar-refractivity contribution in [3.8, 4) is 22.6 Å². The van der Waals surface area contributed by atoms with E-state index < -0.39 is 11.6 Å². The third-order valence-corrected chi connectivity index (χ3v) is 7.57. The van der Waals surface area contributed by atoms with Crippen molar-refractivity contribution >= 4 is 11.5 Å². The number of aromatic hydroxyl groups is 1. The van der Waals surface area contributed by atoms with Crippen molar-refractivity contribution in [2.75, 3.05) is 12.4 Å². The number of ether oxygens (including phenoxy) is 1. The molecule has 0 spiro atoms. The molecule has 6 rings (SSSR count). The van der Waals surface area contributed by atoms with Gasteiger partial charge in [-0.05, 0) is 88.2 Å². The van der Waals surface area contributed by atoms with Gasteiger partial charge in [-0.2, -0.15) is 0 Å². The molecule has 5 N–H and O–H groups in total. The van der Waals surface area contributed by atoms with Gasteiger partial charge in [-0.15, -0.1) is 0 Å². The molecule has 2 aliphatic rings. The van der Waals surface area contributed by atoms with E-state index in [2.05, 4.69) is 17.4 Å². The first-order chi connectivity index (χ1) is 17.8. The number of methoxy groups -OCH3 is 1. The zero-order chi connectivity index (χ0) is 25.8. The van der Waals surface area contributed by atoms with E-state index >= 15 is 0 Å². The van der Waals surface area contributed by atoms with Crippen molar-refractivity contribution in [2.24, 2.45) is 11.7 Å². The molecule has 3 unspecified atom stereocenters. The van der Waals surface area contributed by atoms with Crippen LogP contribution in [0.2, 0.25) is 0 Å². The molecule has 0 radical (unpaired) electrons. The van der Waals surface area contributed by atoms with Crippen LogP contribution in [-0.2, 0) is 6.42 Å². The van der Waals surface area contributed by atoms with E-state index in [0.717, 1.165) is 29.3 Å². The third kappa shape index (κ3) is 3.78. The largest absolute Gasteiger partial charge is 0.504 e. The first-order valence-electron chi connectivity index (χ1n) is 12.0. The Morgan fingerprint density at radius 3 is 2.46 bits per heavy atom. The van der Waals surface area contributed by atoms with E-state index in [0.29, 0.717) is 16.7 Å². The Morgan fingerprint density at radius 2 is 1.73 bits per heavy atom. The summed E-state index contributed by atoms with van der Waals surface area (Å²) in [6.07, 6.45) is 0.780. The molecule has 0 aromatic heterocycles. The molecule has 1 heterocycles. The molecule has 186 valence electrons. The molecule has 7 heteroatoms. The van der Waals surface area contributed by atoms with Gasteiger partial charge in [-0.3, -0.25) is 5.41 Å². The zero-order valence-corrected chi connectivity index (χ0v) is 20.1. The second kappa shape index (κ2) is 8.62. The van der Waals surface area contributed by atoms with Gasteiger partial charge in [0, 0.05) is 23.2 Å². The number of anilines is 1. The summed E-state index contributed by atoms with van der Waals surface area (Å²) in [5.74, 6) is -1.14. The lowest BCUT2D eigenvalue weighted by atomic mass is 9.74. The topological polar surface area (TPSA) is 91.4 Å². The van der Waals surface area contributed by atoms with E-state index in [1.54, 1.807) is 6.07 Å². The molecule has 5 nitrogen and oxygen atoms in total. The SMILES string of the molecule is COc1cc(C2Nc3ccc(C(=N)N)cc3C3c4ccccc4CC23)c(-c2cc(F)cc(F)c2)cc1O. The number of halogens is 2. The molecule has 3 atom stereocenters. The standard InChI is InChI=1S/C30H25F2N3O2/c1-37-27-14-22(21(13-26(27)36)17-8-18(31)12-19(32)9-17)29-24-10-15-4-2-3-5-20(15)28(24)23-11-16(30(33)34)6-7-25(23)35-29/h2-9,11-14,24,28-29,35-36H,10H2,1H3,(H3,33,34). The predicted octanol–water partition coefficient (Wildman–Crippen LogP) is 6.10. The van der Waals surface area contributed by atoms with E-state index in [9.17, 15) is 13.9 Å². The first kappa shape index (κ1) is 23.0. The van der Waals surface area contributed by atoms with Crippen LogP contribution in [0.1, 0.15) is 39.8 Å². The van der Waals surface area contributed by atoms with Gasteiger partial charge in [0.15, 0.2) is 11.5 Å². The molecule has 0 bridgehead atoms. The number of nitrogen functional groups attached to an aromatic ring is 1. The van der Waals surface area contributed by atoms with Gasteiger partial charge >= 0.3 is 0 Å². The van der Waals surface area contributed by atoms with Crippen LogP contribution in [0.3, 0.4) is 0 Å². The van der Waals surface area contributed by atoms with Crippen LogP contribution in [0.25, 0.3) is 11.1 Å². The number of benzene rings is 4. The molecule has 4 aromatic carbocycles. The average molecular weight is 498 g/mol. The maximum atomic E-state index is 14.3. The molecular formula is C30H25F2N3O2. The van der Waals surface area contributed by atoms with Crippen molar-refractivity contribution in [2.45, 2.75) is 18.4 Å². The van der Waals surface area contributed by atoms with Crippen LogP contribution in [0.5, 0.6) is 11.5 Å². The van der Waals surface area contributed by atoms with Crippen molar-refractivity contribution in [3.05, 3.63) is 112 Å². The number of nitrogens with two attached hydrogens (primary N) is 1. The van der Waals surface area contributed by atoms with Crippen LogP contribution in [-0.4, -0.2) is 18.1 Å². The van der Waals surface area contributed by atoms with Gasteiger partial charge in [0.1, 0.15) is 17.5 Å². The molecule has 0 amide bonds. The van der Waals surface area contributed by atoms with Gasteiger partial charge in [-0.25, -0.2) is 8.78 Å². The maximum Gasteiger partial charge on any atom is 0.160 e. The van der Waals surface area contributed by atoms with Gasteiger partial charge in [0.2, 0.25) is 0 Å². The normalized spacial score (nSPS) is 19.4. The average Bonchev–Trinajstić information content (AvgIpc) is 3.27. The maximum absolute atomic E-state index is 14.3. The van der Waals surface area contributed by atoms with Gasteiger partial charge < -0.3 is 20.9 Å². The van der Waals surface area contributed by atoms with Crippen molar-refractivity contribution < 1.29 is 18.6 Å². The summed E-state index contributed by atoms with van der Waals surface area (Å²) in [6.45, 7) is 0. The lowest BCUT2D eigenvalue weighted by Gasteiger charge is -2.39. The van der Waals surface area contributed by atoms with Crippen molar-refractivity contribution in [1.82, 2.24) is 0 Å². The van der Waals surface area contributed by atoms with Crippen LogP contribution in [0.4, 0.5) is 14.5 Å². The van der Waals surface area contributed by atoms with Crippen LogP contribution >= 0.6 is 0 Å². The summed E-state index contributed by atoms with van der Waals surface area (Å²) >= 11 is 0. The smallest absolute Gasteiger partial charge is 0.160 e. The minimum absolute atomic E-state index is 0.00597. The minimum Gasteiger partial charge on any atom is -0.504 e.